The Kier molecular flexibility index (Phi) is 6.45. The molecule has 0 aromatic heterocycles. The van der Waals surface area contributed by atoms with E-state index in [1.54, 1.807) is 12.1 Å². The average Bonchev–Trinajstić information content (AvgIpc) is 3.06. The van der Waals surface area contributed by atoms with Gasteiger partial charge in [0.15, 0.2) is 6.73 Å². The summed E-state index contributed by atoms with van der Waals surface area (Å²) in [5, 5.41) is 24.5. The first kappa shape index (κ1) is 19.4. The summed E-state index contributed by atoms with van der Waals surface area (Å²) in [4.78, 5) is 2.04. The van der Waals surface area contributed by atoms with Crippen LogP contribution in [-0.2, 0) is 13.1 Å². The zero-order chi connectivity index (χ0) is 19.2. The molecule has 1 heterocycles. The third kappa shape index (κ3) is 4.66. The maximum absolute atomic E-state index is 10.5. The van der Waals surface area contributed by atoms with Gasteiger partial charge in [-0.1, -0.05) is 38.8 Å². The molecular formula is C22H30N2O3. The molecule has 3 rings (SSSR count). The topological polar surface area (TPSA) is 65.0 Å². The summed E-state index contributed by atoms with van der Waals surface area (Å²) >= 11 is 0. The standard InChI is InChI=1S/C22H30N2O3/c1-3-7-18(8-4-2)23-13-16-11-21(26)17(12-20(16)25)14-24-15-27-22-10-6-5-9-19(22)24/h5-6,9-12,18,23,25-26H,3-4,7-8,13-15H2,1-2H3. The highest BCUT2D eigenvalue weighted by Crippen LogP contribution is 2.36. The zero-order valence-electron chi connectivity index (χ0n) is 16.2. The Hall–Kier alpha value is -2.40. The van der Waals surface area contributed by atoms with Gasteiger partial charge in [0, 0.05) is 23.7 Å². The summed E-state index contributed by atoms with van der Waals surface area (Å²) in [5.41, 5.74) is 2.42. The fraction of sp³-hybridized carbons (Fsp3) is 0.455. The normalized spacial score (nSPS) is 13.1. The summed E-state index contributed by atoms with van der Waals surface area (Å²) in [6.45, 7) is 5.85. The number of anilines is 1. The number of hydrogen-bond acceptors (Lipinski definition) is 5. The summed E-state index contributed by atoms with van der Waals surface area (Å²) in [5.74, 6) is 1.27. The number of hydrogen-bond donors (Lipinski definition) is 3. The number of benzene rings is 2. The van der Waals surface area contributed by atoms with Gasteiger partial charge in [-0.3, -0.25) is 0 Å². The summed E-state index contributed by atoms with van der Waals surface area (Å²) in [6.07, 6.45) is 4.50. The Bertz CT molecular complexity index is 757. The Balaban J connectivity index is 1.68. The molecule has 2 aromatic carbocycles. The predicted octanol–water partition coefficient (Wildman–Crippen LogP) is 4.51. The fourth-order valence-corrected chi connectivity index (χ4v) is 3.63. The van der Waals surface area contributed by atoms with Crippen LogP contribution < -0.4 is 15.0 Å². The molecule has 27 heavy (non-hydrogen) atoms. The number of rotatable bonds is 9. The van der Waals surface area contributed by atoms with Crippen LogP contribution in [0.1, 0.15) is 50.7 Å². The molecule has 2 aromatic rings. The maximum atomic E-state index is 10.5. The van der Waals surface area contributed by atoms with Gasteiger partial charge in [-0.25, -0.2) is 0 Å². The van der Waals surface area contributed by atoms with E-state index >= 15 is 0 Å². The molecule has 0 bridgehead atoms. The predicted molar refractivity (Wildman–Crippen MR) is 108 cm³/mol. The smallest absolute Gasteiger partial charge is 0.162 e. The van der Waals surface area contributed by atoms with Gasteiger partial charge >= 0.3 is 0 Å². The number of nitrogens with zero attached hydrogens (tertiary/aromatic N) is 1. The van der Waals surface area contributed by atoms with Crippen molar-refractivity contribution in [3.8, 4) is 17.2 Å². The van der Waals surface area contributed by atoms with Crippen LogP contribution in [-0.4, -0.2) is 23.0 Å². The molecule has 0 amide bonds. The molecule has 0 radical (unpaired) electrons. The van der Waals surface area contributed by atoms with E-state index in [4.69, 9.17) is 4.74 Å². The number of fused-ring (bicyclic) bond motifs is 1. The van der Waals surface area contributed by atoms with Gasteiger partial charge in [0.25, 0.3) is 0 Å². The zero-order valence-corrected chi connectivity index (χ0v) is 16.2. The molecule has 1 aliphatic rings. The lowest BCUT2D eigenvalue weighted by molar-refractivity contribution is 0.344. The van der Waals surface area contributed by atoms with E-state index in [-0.39, 0.29) is 11.5 Å². The number of nitrogens with one attached hydrogen (secondary N) is 1. The Labute approximate surface area is 161 Å². The molecule has 1 aliphatic heterocycles. The number of phenols is 2. The van der Waals surface area contributed by atoms with Gasteiger partial charge in [0.2, 0.25) is 0 Å². The van der Waals surface area contributed by atoms with Gasteiger partial charge in [-0.05, 0) is 37.1 Å². The van der Waals surface area contributed by atoms with Gasteiger partial charge in [0.05, 0.1) is 12.2 Å². The minimum absolute atomic E-state index is 0.205. The molecular weight excluding hydrogens is 340 g/mol. The fourth-order valence-electron chi connectivity index (χ4n) is 3.63. The maximum Gasteiger partial charge on any atom is 0.162 e. The first-order valence-electron chi connectivity index (χ1n) is 9.86. The SMILES string of the molecule is CCCC(CCC)NCc1cc(O)c(CN2COc3ccccc32)cc1O. The van der Waals surface area contributed by atoms with Crippen LogP contribution in [0.5, 0.6) is 17.2 Å². The van der Waals surface area contributed by atoms with Gasteiger partial charge < -0.3 is 25.2 Å². The van der Waals surface area contributed by atoms with Gasteiger partial charge in [-0.2, -0.15) is 0 Å². The third-order valence-corrected chi connectivity index (χ3v) is 5.08. The van der Waals surface area contributed by atoms with E-state index in [0.29, 0.717) is 31.4 Å². The lowest BCUT2D eigenvalue weighted by Crippen LogP contribution is -2.28. The minimum Gasteiger partial charge on any atom is -0.508 e. The van der Waals surface area contributed by atoms with E-state index in [2.05, 4.69) is 19.2 Å². The van der Waals surface area contributed by atoms with Crippen molar-refractivity contribution in [1.82, 2.24) is 5.32 Å². The summed E-state index contributed by atoms with van der Waals surface area (Å²) < 4.78 is 5.66. The molecule has 0 saturated heterocycles. The van der Waals surface area contributed by atoms with Crippen molar-refractivity contribution in [3.63, 3.8) is 0 Å². The van der Waals surface area contributed by atoms with E-state index in [1.807, 2.05) is 29.2 Å². The molecule has 5 heteroatoms. The first-order valence-corrected chi connectivity index (χ1v) is 9.86. The van der Waals surface area contributed by atoms with E-state index in [9.17, 15) is 10.2 Å². The van der Waals surface area contributed by atoms with Crippen molar-refractivity contribution in [2.24, 2.45) is 0 Å². The summed E-state index contributed by atoms with van der Waals surface area (Å²) in [6, 6.07) is 11.6. The summed E-state index contributed by atoms with van der Waals surface area (Å²) in [7, 11) is 0. The Morgan fingerprint density at radius 1 is 1.04 bits per heavy atom. The van der Waals surface area contributed by atoms with Crippen molar-refractivity contribution >= 4 is 5.69 Å². The second-order valence-electron chi connectivity index (χ2n) is 7.20. The highest BCUT2D eigenvalue weighted by molar-refractivity contribution is 5.61. The van der Waals surface area contributed by atoms with E-state index in [0.717, 1.165) is 42.7 Å². The Morgan fingerprint density at radius 3 is 2.44 bits per heavy atom. The minimum atomic E-state index is 0.205. The second kappa shape index (κ2) is 9.00. The first-order chi connectivity index (χ1) is 13.1. The second-order valence-corrected chi connectivity index (χ2v) is 7.20. The number of ether oxygens (including phenoxy) is 1. The van der Waals surface area contributed by atoms with Crippen molar-refractivity contribution in [1.29, 1.82) is 0 Å². The van der Waals surface area contributed by atoms with Crippen molar-refractivity contribution in [3.05, 3.63) is 47.5 Å². The molecule has 5 nitrogen and oxygen atoms in total. The molecule has 0 spiro atoms. The van der Waals surface area contributed by atoms with Crippen LogP contribution in [0.25, 0.3) is 0 Å². The highest BCUT2D eigenvalue weighted by Gasteiger charge is 2.21. The molecule has 0 unspecified atom stereocenters. The quantitative estimate of drug-likeness (QED) is 0.567. The van der Waals surface area contributed by atoms with Gasteiger partial charge in [-0.15, -0.1) is 0 Å². The molecule has 0 saturated carbocycles. The monoisotopic (exact) mass is 370 g/mol. The Morgan fingerprint density at radius 2 is 1.70 bits per heavy atom. The van der Waals surface area contributed by atoms with Crippen LogP contribution in [0.3, 0.4) is 0 Å². The molecule has 0 aliphatic carbocycles. The number of aromatic hydroxyl groups is 2. The van der Waals surface area contributed by atoms with Crippen LogP contribution in [0.15, 0.2) is 36.4 Å². The number of para-hydroxylation sites is 2. The molecule has 0 atom stereocenters. The number of phenolic OH excluding ortho intramolecular Hbond substituents is 2. The van der Waals surface area contributed by atoms with Gasteiger partial charge in [0.1, 0.15) is 17.2 Å². The van der Waals surface area contributed by atoms with Crippen LogP contribution in [0, 0.1) is 0 Å². The van der Waals surface area contributed by atoms with Crippen LogP contribution >= 0.6 is 0 Å². The van der Waals surface area contributed by atoms with E-state index in [1.165, 1.54) is 0 Å². The van der Waals surface area contributed by atoms with Crippen molar-refractivity contribution in [2.75, 3.05) is 11.6 Å². The van der Waals surface area contributed by atoms with Crippen LogP contribution in [0.4, 0.5) is 5.69 Å². The molecule has 146 valence electrons. The highest BCUT2D eigenvalue weighted by atomic mass is 16.5. The largest absolute Gasteiger partial charge is 0.508 e. The average molecular weight is 370 g/mol. The van der Waals surface area contributed by atoms with Crippen LogP contribution in [0.2, 0.25) is 0 Å². The molecule has 3 N–H and O–H groups in total. The molecule has 0 fully saturated rings. The lowest BCUT2D eigenvalue weighted by Gasteiger charge is -2.20. The lowest BCUT2D eigenvalue weighted by atomic mass is 10.0. The van der Waals surface area contributed by atoms with Crippen molar-refractivity contribution in [2.45, 2.75) is 58.7 Å². The third-order valence-electron chi connectivity index (χ3n) is 5.08. The van der Waals surface area contributed by atoms with E-state index < -0.39 is 0 Å². The van der Waals surface area contributed by atoms with Crippen molar-refractivity contribution < 1.29 is 14.9 Å².